The predicted octanol–water partition coefficient (Wildman–Crippen LogP) is 3.30. The van der Waals surface area contributed by atoms with Crippen LogP contribution in [-0.2, 0) is 24.4 Å². The topological polar surface area (TPSA) is 73.3 Å². The van der Waals surface area contributed by atoms with E-state index < -0.39 is 5.76 Å². The number of aromatic nitrogens is 3. The van der Waals surface area contributed by atoms with E-state index >= 15 is 0 Å². The molecule has 7 heteroatoms. The number of hydrogen-bond donors (Lipinski definition) is 0. The summed E-state index contributed by atoms with van der Waals surface area (Å²) in [4.78, 5) is 32.0. The van der Waals surface area contributed by atoms with Crippen molar-refractivity contribution in [1.29, 1.82) is 0 Å². The molecule has 0 unspecified atom stereocenters. The molecule has 7 nitrogen and oxygen atoms in total. The van der Waals surface area contributed by atoms with E-state index in [4.69, 9.17) is 9.40 Å². The van der Waals surface area contributed by atoms with E-state index in [0.717, 1.165) is 35.4 Å². The molecule has 0 fully saturated rings. The highest BCUT2D eigenvalue weighted by molar-refractivity contribution is 5.81. The van der Waals surface area contributed by atoms with Gasteiger partial charge in [-0.15, -0.1) is 0 Å². The highest BCUT2D eigenvalue weighted by atomic mass is 16.4. The van der Waals surface area contributed by atoms with Crippen molar-refractivity contribution in [3.63, 3.8) is 0 Å². The van der Waals surface area contributed by atoms with Gasteiger partial charge in [-0.25, -0.2) is 9.78 Å². The molecule has 1 amide bonds. The fourth-order valence-electron chi connectivity index (χ4n) is 4.24. The van der Waals surface area contributed by atoms with Crippen molar-refractivity contribution in [3.8, 4) is 0 Å². The van der Waals surface area contributed by atoms with Gasteiger partial charge in [-0.1, -0.05) is 6.07 Å². The molecule has 4 aromatic rings. The molecule has 2 aromatic heterocycles. The summed E-state index contributed by atoms with van der Waals surface area (Å²) in [6.07, 6.45) is 0.845. The third-order valence-electron chi connectivity index (χ3n) is 6.05. The van der Waals surface area contributed by atoms with E-state index in [1.165, 1.54) is 15.7 Å². The second kappa shape index (κ2) is 6.86. The van der Waals surface area contributed by atoms with E-state index in [1.54, 1.807) is 11.0 Å². The monoisotopic (exact) mass is 404 g/mol. The van der Waals surface area contributed by atoms with Crippen LogP contribution >= 0.6 is 0 Å². The summed E-state index contributed by atoms with van der Waals surface area (Å²) in [5, 5.41) is 0. The van der Waals surface area contributed by atoms with Crippen LogP contribution in [0.4, 0.5) is 0 Å². The Kier molecular flexibility index (Phi) is 4.27. The van der Waals surface area contributed by atoms with Crippen LogP contribution in [0.3, 0.4) is 0 Å². The molecule has 5 rings (SSSR count). The third kappa shape index (κ3) is 3.01. The maximum absolute atomic E-state index is 13.1. The summed E-state index contributed by atoms with van der Waals surface area (Å²) in [6.45, 7) is 8.01. The highest BCUT2D eigenvalue weighted by Gasteiger charge is 2.23. The van der Waals surface area contributed by atoms with Crippen LogP contribution in [0.25, 0.3) is 22.1 Å². The Bertz CT molecular complexity index is 1360. The van der Waals surface area contributed by atoms with Gasteiger partial charge < -0.3 is 13.9 Å². The smallest absolute Gasteiger partial charge is 0.408 e. The maximum atomic E-state index is 13.1. The standard InChI is InChI=1S/C23H24N4O3/c1-14-5-6-20-19(9-14)27(23(29)30-20)13-22(28)25-7-4-8-26-18-11-16(3)15(2)10-17(18)24-21(26)12-25/h5-6,9-11H,4,7-8,12-13H2,1-3H3. The third-order valence-corrected chi connectivity index (χ3v) is 6.05. The molecule has 0 spiro atoms. The number of carbonyl (C=O) groups is 1. The molecule has 3 heterocycles. The molecule has 2 aromatic carbocycles. The van der Waals surface area contributed by atoms with E-state index in [0.29, 0.717) is 24.2 Å². The van der Waals surface area contributed by atoms with Crippen molar-refractivity contribution < 1.29 is 9.21 Å². The number of carbonyl (C=O) groups excluding carboxylic acids is 1. The molecule has 0 saturated carbocycles. The average molecular weight is 404 g/mol. The van der Waals surface area contributed by atoms with Crippen molar-refractivity contribution in [2.75, 3.05) is 6.54 Å². The molecule has 0 aliphatic carbocycles. The molecule has 0 N–H and O–H groups in total. The summed E-state index contributed by atoms with van der Waals surface area (Å²) < 4.78 is 8.95. The molecule has 1 aliphatic rings. The quantitative estimate of drug-likeness (QED) is 0.514. The van der Waals surface area contributed by atoms with Gasteiger partial charge in [0.25, 0.3) is 0 Å². The highest BCUT2D eigenvalue weighted by Crippen LogP contribution is 2.24. The molecule has 0 saturated heterocycles. The van der Waals surface area contributed by atoms with Crippen LogP contribution in [0.1, 0.15) is 28.9 Å². The number of imidazole rings is 1. The zero-order valence-electron chi connectivity index (χ0n) is 17.4. The summed E-state index contributed by atoms with van der Waals surface area (Å²) in [5.41, 5.74) is 6.71. The molecule has 30 heavy (non-hydrogen) atoms. The van der Waals surface area contributed by atoms with Crippen LogP contribution in [-0.4, -0.2) is 31.5 Å². The van der Waals surface area contributed by atoms with E-state index in [2.05, 4.69) is 30.5 Å². The van der Waals surface area contributed by atoms with E-state index in [1.807, 2.05) is 19.1 Å². The molecule has 154 valence electrons. The SMILES string of the molecule is Cc1ccc2oc(=O)n(CC(=O)N3CCCn4c(nc5cc(C)c(C)cc54)C3)c2c1. The second-order valence-corrected chi connectivity index (χ2v) is 8.20. The van der Waals surface area contributed by atoms with Crippen molar-refractivity contribution in [2.45, 2.75) is 46.8 Å². The molecule has 1 aliphatic heterocycles. The van der Waals surface area contributed by atoms with Crippen molar-refractivity contribution in [2.24, 2.45) is 0 Å². The van der Waals surface area contributed by atoms with Crippen LogP contribution in [0, 0.1) is 20.8 Å². The minimum absolute atomic E-state index is 0.0340. The zero-order valence-corrected chi connectivity index (χ0v) is 17.4. The van der Waals surface area contributed by atoms with Crippen molar-refractivity contribution >= 4 is 28.0 Å². The summed E-state index contributed by atoms with van der Waals surface area (Å²) in [7, 11) is 0. The number of oxazole rings is 1. The largest absolute Gasteiger partial charge is 0.420 e. The molecule has 0 radical (unpaired) electrons. The Morgan fingerprint density at radius 2 is 1.87 bits per heavy atom. The Labute approximate surface area is 173 Å². The lowest BCUT2D eigenvalue weighted by atomic mass is 10.1. The number of nitrogens with zero attached hydrogens (tertiary/aromatic N) is 4. The number of fused-ring (bicyclic) bond motifs is 4. The van der Waals surface area contributed by atoms with Crippen LogP contribution in [0.2, 0.25) is 0 Å². The van der Waals surface area contributed by atoms with Crippen molar-refractivity contribution in [3.05, 3.63) is 63.4 Å². The minimum atomic E-state index is -0.503. The number of benzene rings is 2. The summed E-state index contributed by atoms with van der Waals surface area (Å²) >= 11 is 0. The average Bonchev–Trinajstić information content (AvgIpc) is 3.08. The second-order valence-electron chi connectivity index (χ2n) is 8.20. The van der Waals surface area contributed by atoms with E-state index in [9.17, 15) is 9.59 Å². The number of hydrogen-bond acceptors (Lipinski definition) is 4. The number of rotatable bonds is 2. The first-order valence-electron chi connectivity index (χ1n) is 10.2. The maximum Gasteiger partial charge on any atom is 0.420 e. The summed E-state index contributed by atoms with van der Waals surface area (Å²) in [5.74, 6) is 0.284. The lowest BCUT2D eigenvalue weighted by Crippen LogP contribution is -2.35. The van der Waals surface area contributed by atoms with Gasteiger partial charge in [0, 0.05) is 13.1 Å². The molecular weight excluding hydrogens is 380 g/mol. The predicted molar refractivity (Wildman–Crippen MR) is 114 cm³/mol. The Morgan fingerprint density at radius 3 is 2.70 bits per heavy atom. The molecule has 0 bridgehead atoms. The van der Waals surface area contributed by atoms with Gasteiger partial charge in [-0.2, -0.15) is 0 Å². The normalized spacial score (nSPS) is 14.3. The lowest BCUT2D eigenvalue weighted by molar-refractivity contribution is -0.132. The first kappa shape index (κ1) is 18.7. The summed E-state index contributed by atoms with van der Waals surface area (Å²) in [6, 6.07) is 9.82. The van der Waals surface area contributed by atoms with Crippen molar-refractivity contribution in [1.82, 2.24) is 19.0 Å². The molecular formula is C23H24N4O3. The van der Waals surface area contributed by atoms with Crippen LogP contribution < -0.4 is 5.76 Å². The number of aryl methyl sites for hydroxylation is 4. The fourth-order valence-corrected chi connectivity index (χ4v) is 4.24. The fraction of sp³-hybridized carbons (Fsp3) is 0.348. The number of amides is 1. The first-order chi connectivity index (χ1) is 14.4. The molecule has 0 atom stereocenters. The zero-order chi connectivity index (χ0) is 21.0. The minimum Gasteiger partial charge on any atom is -0.408 e. The van der Waals surface area contributed by atoms with Crippen LogP contribution in [0.15, 0.2) is 39.5 Å². The van der Waals surface area contributed by atoms with Gasteiger partial charge >= 0.3 is 5.76 Å². The Morgan fingerprint density at radius 1 is 1.07 bits per heavy atom. The van der Waals surface area contributed by atoms with Crippen LogP contribution in [0.5, 0.6) is 0 Å². The lowest BCUT2D eigenvalue weighted by Gasteiger charge is -2.19. The van der Waals surface area contributed by atoms with Gasteiger partial charge in [0.1, 0.15) is 12.4 Å². The van der Waals surface area contributed by atoms with Gasteiger partial charge in [0.15, 0.2) is 5.58 Å². The van der Waals surface area contributed by atoms with Gasteiger partial charge in [0.2, 0.25) is 5.91 Å². The van der Waals surface area contributed by atoms with Gasteiger partial charge in [-0.05, 0) is 68.1 Å². The van der Waals surface area contributed by atoms with Gasteiger partial charge in [0.05, 0.1) is 23.1 Å². The first-order valence-corrected chi connectivity index (χ1v) is 10.2. The Hall–Kier alpha value is -3.35. The Balaban J connectivity index is 1.46. The van der Waals surface area contributed by atoms with E-state index in [-0.39, 0.29) is 12.5 Å². The van der Waals surface area contributed by atoms with Gasteiger partial charge in [-0.3, -0.25) is 9.36 Å².